The van der Waals surface area contributed by atoms with Crippen molar-refractivity contribution in [2.24, 2.45) is 0 Å². The van der Waals surface area contributed by atoms with E-state index >= 15 is 0 Å². The molecular weight excluding hydrogens is 350 g/mol. The maximum atomic E-state index is 13.2. The van der Waals surface area contributed by atoms with Crippen molar-refractivity contribution < 1.29 is 4.79 Å². The van der Waals surface area contributed by atoms with Crippen LogP contribution in [0.1, 0.15) is 34.9 Å². The van der Waals surface area contributed by atoms with Crippen molar-refractivity contribution in [3.8, 4) is 11.1 Å². The number of carbonyl (C=O) groups excluding carboxylic acids is 1. The highest BCUT2D eigenvalue weighted by Gasteiger charge is 2.29. The van der Waals surface area contributed by atoms with Crippen LogP contribution in [-0.2, 0) is 6.42 Å². The van der Waals surface area contributed by atoms with Gasteiger partial charge in [0.05, 0.1) is 12.2 Å². The van der Waals surface area contributed by atoms with Crippen LogP contribution in [0.5, 0.6) is 0 Å². The van der Waals surface area contributed by atoms with Crippen LogP contribution >= 0.6 is 0 Å². The molecule has 0 spiro atoms. The third-order valence-electron chi connectivity index (χ3n) is 5.77. The topological polar surface area (TPSA) is 63.1 Å². The minimum absolute atomic E-state index is 0.0656. The maximum absolute atomic E-state index is 13.2. The molecule has 3 heterocycles. The van der Waals surface area contributed by atoms with Crippen LogP contribution < -0.4 is 10.2 Å². The Labute approximate surface area is 164 Å². The number of hydrogen-bond donors (Lipinski definition) is 1. The van der Waals surface area contributed by atoms with E-state index in [1.54, 1.807) is 0 Å². The van der Waals surface area contributed by atoms with Crippen LogP contribution in [0.4, 0.5) is 5.69 Å². The Kier molecular flexibility index (Phi) is 4.41. The molecule has 142 valence electrons. The van der Waals surface area contributed by atoms with E-state index in [1.165, 1.54) is 16.7 Å². The molecule has 1 aromatic heterocycles. The lowest BCUT2D eigenvalue weighted by molar-refractivity contribution is 0.0984. The summed E-state index contributed by atoms with van der Waals surface area (Å²) in [4.78, 5) is 15.0. The molecule has 0 aliphatic carbocycles. The van der Waals surface area contributed by atoms with Crippen LogP contribution in [0, 0.1) is 0 Å². The first kappa shape index (κ1) is 17.1. The van der Waals surface area contributed by atoms with E-state index in [4.69, 9.17) is 0 Å². The number of hydrogen-bond acceptors (Lipinski definition) is 4. The van der Waals surface area contributed by atoms with Crippen molar-refractivity contribution in [3.63, 3.8) is 0 Å². The summed E-state index contributed by atoms with van der Waals surface area (Å²) in [6, 6.07) is 16.9. The number of rotatable bonds is 3. The van der Waals surface area contributed by atoms with E-state index in [0.717, 1.165) is 38.0 Å². The van der Waals surface area contributed by atoms with Crippen molar-refractivity contribution in [2.45, 2.75) is 25.3 Å². The minimum Gasteiger partial charge on any atom is -0.317 e. The molecule has 0 atom stereocenters. The standard InChI is InChI=1S/C22H23N5O/c28-22(20-15-27(25-24-20)17-9-12-23-13-10-17)26-14-11-19-18(7-4-8-21(19)26)16-5-2-1-3-6-16/h1-8,15,17,23H,9-14H2. The summed E-state index contributed by atoms with van der Waals surface area (Å²) >= 11 is 0. The molecule has 2 aromatic carbocycles. The molecular formula is C22H23N5O. The van der Waals surface area contributed by atoms with E-state index in [-0.39, 0.29) is 5.91 Å². The first-order valence-corrected chi connectivity index (χ1v) is 9.93. The number of carbonyl (C=O) groups is 1. The quantitative estimate of drug-likeness (QED) is 0.766. The van der Waals surface area contributed by atoms with Crippen LogP contribution in [-0.4, -0.2) is 40.5 Å². The highest BCUT2D eigenvalue weighted by Crippen LogP contribution is 2.36. The van der Waals surface area contributed by atoms with Gasteiger partial charge in [0.2, 0.25) is 0 Å². The van der Waals surface area contributed by atoms with Gasteiger partial charge >= 0.3 is 0 Å². The average molecular weight is 373 g/mol. The van der Waals surface area contributed by atoms with Gasteiger partial charge in [0.15, 0.2) is 5.69 Å². The molecule has 3 aromatic rings. The summed E-state index contributed by atoms with van der Waals surface area (Å²) < 4.78 is 1.87. The largest absolute Gasteiger partial charge is 0.317 e. The molecule has 2 aliphatic rings. The van der Waals surface area contributed by atoms with Gasteiger partial charge in [-0.05, 0) is 55.1 Å². The molecule has 6 nitrogen and oxygen atoms in total. The fourth-order valence-corrected chi connectivity index (χ4v) is 4.30. The Morgan fingerprint density at radius 2 is 1.86 bits per heavy atom. The lowest BCUT2D eigenvalue weighted by atomic mass is 9.98. The molecule has 6 heteroatoms. The number of piperidine rings is 1. The fraction of sp³-hybridized carbons (Fsp3) is 0.318. The lowest BCUT2D eigenvalue weighted by Crippen LogP contribution is -2.30. The second-order valence-electron chi connectivity index (χ2n) is 7.44. The molecule has 1 fully saturated rings. The van der Waals surface area contributed by atoms with Gasteiger partial charge in [-0.2, -0.15) is 0 Å². The van der Waals surface area contributed by atoms with Crippen molar-refractivity contribution in [1.82, 2.24) is 20.3 Å². The van der Waals surface area contributed by atoms with Gasteiger partial charge in [-0.25, -0.2) is 4.68 Å². The molecule has 28 heavy (non-hydrogen) atoms. The molecule has 5 rings (SSSR count). The number of fused-ring (bicyclic) bond motifs is 1. The second-order valence-corrected chi connectivity index (χ2v) is 7.44. The molecule has 0 saturated carbocycles. The van der Waals surface area contributed by atoms with Gasteiger partial charge in [0.25, 0.3) is 5.91 Å². The van der Waals surface area contributed by atoms with Gasteiger partial charge in [0, 0.05) is 12.2 Å². The first-order valence-electron chi connectivity index (χ1n) is 9.93. The van der Waals surface area contributed by atoms with Gasteiger partial charge in [-0.3, -0.25) is 4.79 Å². The molecule has 0 unspecified atom stereocenters. The van der Waals surface area contributed by atoms with Gasteiger partial charge < -0.3 is 10.2 Å². The number of nitrogens with zero attached hydrogens (tertiary/aromatic N) is 4. The predicted molar refractivity (Wildman–Crippen MR) is 108 cm³/mol. The Bertz CT molecular complexity index is 991. The normalized spacial score (nSPS) is 16.9. The monoisotopic (exact) mass is 373 g/mol. The fourth-order valence-electron chi connectivity index (χ4n) is 4.30. The van der Waals surface area contributed by atoms with E-state index in [9.17, 15) is 4.79 Å². The minimum atomic E-state index is -0.0656. The highest BCUT2D eigenvalue weighted by molar-refractivity contribution is 6.06. The lowest BCUT2D eigenvalue weighted by Gasteiger charge is -2.22. The SMILES string of the molecule is O=C(c1cn(C2CCNCC2)nn1)N1CCc2c(-c3ccccc3)cccc21. The van der Waals surface area contributed by atoms with Gasteiger partial charge in [0.1, 0.15) is 0 Å². The maximum Gasteiger partial charge on any atom is 0.280 e. The number of anilines is 1. The van der Waals surface area contributed by atoms with E-state index in [1.807, 2.05) is 46.1 Å². The first-order chi connectivity index (χ1) is 13.8. The van der Waals surface area contributed by atoms with Crippen LogP contribution in [0.2, 0.25) is 0 Å². The molecule has 1 saturated heterocycles. The molecule has 2 aliphatic heterocycles. The predicted octanol–water partition coefficient (Wildman–Crippen LogP) is 3.07. The van der Waals surface area contributed by atoms with Crippen LogP contribution in [0.3, 0.4) is 0 Å². The highest BCUT2D eigenvalue weighted by atomic mass is 16.2. The molecule has 1 N–H and O–H groups in total. The zero-order valence-corrected chi connectivity index (χ0v) is 15.7. The Morgan fingerprint density at radius 1 is 1.04 bits per heavy atom. The number of aromatic nitrogens is 3. The third kappa shape index (κ3) is 2.99. The van der Waals surface area contributed by atoms with E-state index in [0.29, 0.717) is 18.3 Å². The Hall–Kier alpha value is -2.99. The number of benzene rings is 2. The Morgan fingerprint density at radius 3 is 2.68 bits per heavy atom. The zero-order chi connectivity index (χ0) is 18.9. The summed E-state index contributed by atoms with van der Waals surface area (Å²) in [5, 5.41) is 11.8. The van der Waals surface area contributed by atoms with E-state index in [2.05, 4.69) is 33.8 Å². The zero-order valence-electron chi connectivity index (χ0n) is 15.7. The summed E-state index contributed by atoms with van der Waals surface area (Å²) in [5.74, 6) is -0.0656. The summed E-state index contributed by atoms with van der Waals surface area (Å²) in [7, 11) is 0. The van der Waals surface area contributed by atoms with Crippen molar-refractivity contribution in [3.05, 3.63) is 66.0 Å². The van der Waals surface area contributed by atoms with Crippen molar-refractivity contribution in [2.75, 3.05) is 24.5 Å². The second kappa shape index (κ2) is 7.20. The smallest absolute Gasteiger partial charge is 0.280 e. The van der Waals surface area contributed by atoms with Crippen LogP contribution in [0.15, 0.2) is 54.7 Å². The van der Waals surface area contributed by atoms with Crippen LogP contribution in [0.25, 0.3) is 11.1 Å². The molecule has 1 amide bonds. The summed E-state index contributed by atoms with van der Waals surface area (Å²) in [6.07, 6.45) is 4.71. The number of nitrogens with one attached hydrogen (secondary N) is 1. The molecule has 0 bridgehead atoms. The average Bonchev–Trinajstić information content (AvgIpc) is 3.42. The van der Waals surface area contributed by atoms with Gasteiger partial charge in [-0.15, -0.1) is 5.10 Å². The summed E-state index contributed by atoms with van der Waals surface area (Å²) in [5.41, 5.74) is 5.03. The third-order valence-corrected chi connectivity index (χ3v) is 5.77. The summed E-state index contributed by atoms with van der Waals surface area (Å²) in [6.45, 7) is 2.64. The van der Waals surface area contributed by atoms with E-state index < -0.39 is 0 Å². The Balaban J connectivity index is 1.42. The van der Waals surface area contributed by atoms with Gasteiger partial charge in [-0.1, -0.05) is 47.7 Å². The number of amides is 1. The molecule has 0 radical (unpaired) electrons. The van der Waals surface area contributed by atoms with Crippen molar-refractivity contribution >= 4 is 11.6 Å². The van der Waals surface area contributed by atoms with Crippen molar-refractivity contribution in [1.29, 1.82) is 0 Å².